The molecule has 0 amide bonds. The largest absolute Gasteiger partial charge is 0.397 e. The van der Waals surface area contributed by atoms with Gasteiger partial charge in [-0.05, 0) is 6.07 Å². The van der Waals surface area contributed by atoms with Crippen LogP contribution in [-0.2, 0) is 0 Å². The summed E-state index contributed by atoms with van der Waals surface area (Å²) in [4.78, 5) is 1.71. The van der Waals surface area contributed by atoms with E-state index in [1.165, 1.54) is 12.1 Å². The lowest BCUT2D eigenvalue weighted by Crippen LogP contribution is -2.22. The maximum Gasteiger partial charge on any atom is 0.143 e. The Morgan fingerprint density at radius 3 is 2.79 bits per heavy atom. The molecule has 14 heavy (non-hydrogen) atoms. The highest BCUT2D eigenvalue weighted by atomic mass is 35.5. The molecule has 78 valence electrons. The van der Waals surface area contributed by atoms with Crippen molar-refractivity contribution in [2.24, 2.45) is 0 Å². The summed E-state index contributed by atoms with van der Waals surface area (Å²) >= 11 is 5.61. The number of likely N-dealkylation sites (N-methyl/N-ethyl adjacent to an activating group) is 1. The number of nitrogens with two attached hydrogens (primary N) is 1. The Bertz CT molecular complexity index is 333. The summed E-state index contributed by atoms with van der Waals surface area (Å²) in [5, 5.41) is 8.75. The van der Waals surface area contributed by atoms with Crippen LogP contribution in [0.25, 0.3) is 0 Å². The second kappa shape index (κ2) is 4.48. The topological polar surface area (TPSA) is 49.5 Å². The van der Waals surface area contributed by atoms with Crippen LogP contribution in [0.3, 0.4) is 0 Å². The number of rotatable bonds is 3. The summed E-state index contributed by atoms with van der Waals surface area (Å²) in [6.45, 7) is 0.428. The molecule has 0 fully saturated rings. The molecular weight excluding hydrogens is 207 g/mol. The highest BCUT2D eigenvalue weighted by Gasteiger charge is 2.09. The number of benzene rings is 1. The minimum atomic E-state index is -0.537. The Morgan fingerprint density at radius 1 is 1.57 bits per heavy atom. The van der Waals surface area contributed by atoms with Crippen LogP contribution in [0.15, 0.2) is 12.1 Å². The Labute approximate surface area is 86.9 Å². The van der Waals surface area contributed by atoms with E-state index in [2.05, 4.69) is 0 Å². The Morgan fingerprint density at radius 2 is 2.21 bits per heavy atom. The van der Waals surface area contributed by atoms with Gasteiger partial charge in [-0.2, -0.15) is 0 Å². The van der Waals surface area contributed by atoms with E-state index in [9.17, 15) is 4.39 Å². The molecule has 0 spiro atoms. The molecule has 3 N–H and O–H groups in total. The number of aliphatic hydroxyl groups is 1. The molecule has 0 heterocycles. The number of hydrogen-bond acceptors (Lipinski definition) is 3. The van der Waals surface area contributed by atoms with Gasteiger partial charge in [-0.25, -0.2) is 4.39 Å². The van der Waals surface area contributed by atoms with E-state index in [-0.39, 0.29) is 11.6 Å². The van der Waals surface area contributed by atoms with E-state index < -0.39 is 5.82 Å². The highest BCUT2D eigenvalue weighted by Crippen LogP contribution is 2.28. The standard InChI is InChI=1S/C9H12ClFN2O/c1-13(2-3-14)9-4-6(10)7(11)5-8(9)12/h4-5,14H,2-3,12H2,1H3. The minimum absolute atomic E-state index is 0.00490. The third-order valence-electron chi connectivity index (χ3n) is 1.92. The van der Waals surface area contributed by atoms with Crippen LogP contribution >= 0.6 is 11.6 Å². The molecule has 0 saturated carbocycles. The summed E-state index contributed by atoms with van der Waals surface area (Å²) in [5.41, 5.74) is 6.52. The van der Waals surface area contributed by atoms with Crippen LogP contribution in [0, 0.1) is 5.82 Å². The smallest absolute Gasteiger partial charge is 0.143 e. The van der Waals surface area contributed by atoms with Gasteiger partial charge in [-0.15, -0.1) is 0 Å². The maximum atomic E-state index is 12.9. The Kier molecular flexibility index (Phi) is 3.55. The van der Waals surface area contributed by atoms with E-state index in [4.69, 9.17) is 22.4 Å². The molecule has 0 atom stereocenters. The van der Waals surface area contributed by atoms with Crippen LogP contribution in [-0.4, -0.2) is 25.3 Å². The number of halogens is 2. The Hall–Kier alpha value is -1.00. The fourth-order valence-electron chi connectivity index (χ4n) is 1.15. The molecule has 0 unspecified atom stereocenters. The first kappa shape index (κ1) is 11.1. The minimum Gasteiger partial charge on any atom is -0.397 e. The maximum absolute atomic E-state index is 12.9. The summed E-state index contributed by atoms with van der Waals surface area (Å²) in [6, 6.07) is 2.62. The monoisotopic (exact) mass is 218 g/mol. The van der Waals surface area contributed by atoms with Crippen molar-refractivity contribution in [2.45, 2.75) is 0 Å². The second-order valence-electron chi connectivity index (χ2n) is 2.97. The van der Waals surface area contributed by atoms with Crippen LogP contribution in [0.5, 0.6) is 0 Å². The zero-order valence-electron chi connectivity index (χ0n) is 7.80. The van der Waals surface area contributed by atoms with Crippen molar-refractivity contribution in [3.8, 4) is 0 Å². The van der Waals surface area contributed by atoms with Gasteiger partial charge >= 0.3 is 0 Å². The van der Waals surface area contributed by atoms with Gasteiger partial charge in [0.15, 0.2) is 0 Å². The average molecular weight is 219 g/mol. The summed E-state index contributed by atoms with van der Waals surface area (Å²) < 4.78 is 12.9. The van der Waals surface area contributed by atoms with Gasteiger partial charge in [0, 0.05) is 19.7 Å². The van der Waals surface area contributed by atoms with E-state index in [0.717, 1.165) is 0 Å². The number of aliphatic hydroxyl groups excluding tert-OH is 1. The van der Waals surface area contributed by atoms with Crippen LogP contribution in [0.1, 0.15) is 0 Å². The van der Waals surface area contributed by atoms with E-state index in [0.29, 0.717) is 17.9 Å². The molecule has 0 radical (unpaired) electrons. The number of anilines is 2. The first-order valence-corrected chi connectivity index (χ1v) is 4.50. The van der Waals surface area contributed by atoms with Crippen LogP contribution in [0.2, 0.25) is 5.02 Å². The van der Waals surface area contributed by atoms with Crippen molar-refractivity contribution in [3.05, 3.63) is 23.0 Å². The zero-order chi connectivity index (χ0) is 10.7. The lowest BCUT2D eigenvalue weighted by molar-refractivity contribution is 0.304. The predicted molar refractivity (Wildman–Crippen MR) is 56.2 cm³/mol. The normalized spacial score (nSPS) is 10.3. The van der Waals surface area contributed by atoms with Gasteiger partial charge in [-0.1, -0.05) is 11.6 Å². The molecule has 0 bridgehead atoms. The molecule has 0 saturated heterocycles. The van der Waals surface area contributed by atoms with Crippen molar-refractivity contribution in [2.75, 3.05) is 30.8 Å². The summed E-state index contributed by atoms with van der Waals surface area (Å²) in [7, 11) is 1.75. The lowest BCUT2D eigenvalue weighted by Gasteiger charge is -2.20. The number of nitrogens with zero attached hydrogens (tertiary/aromatic N) is 1. The van der Waals surface area contributed by atoms with Crippen molar-refractivity contribution in [1.29, 1.82) is 0 Å². The van der Waals surface area contributed by atoms with E-state index in [1.807, 2.05) is 0 Å². The van der Waals surface area contributed by atoms with Gasteiger partial charge in [0.2, 0.25) is 0 Å². The van der Waals surface area contributed by atoms with Crippen molar-refractivity contribution >= 4 is 23.0 Å². The SMILES string of the molecule is CN(CCO)c1cc(Cl)c(F)cc1N. The lowest BCUT2D eigenvalue weighted by atomic mass is 10.2. The molecule has 3 nitrogen and oxygen atoms in total. The summed E-state index contributed by atoms with van der Waals surface area (Å²) in [5.74, 6) is -0.537. The first-order chi connectivity index (χ1) is 6.56. The Balaban J connectivity index is 3.02. The molecule has 1 aromatic carbocycles. The molecule has 0 aliphatic heterocycles. The quantitative estimate of drug-likeness (QED) is 0.756. The second-order valence-corrected chi connectivity index (χ2v) is 3.38. The molecule has 1 aromatic rings. The number of nitrogen functional groups attached to an aromatic ring is 1. The van der Waals surface area contributed by atoms with E-state index in [1.54, 1.807) is 11.9 Å². The molecule has 0 aliphatic rings. The van der Waals surface area contributed by atoms with Crippen molar-refractivity contribution < 1.29 is 9.50 Å². The van der Waals surface area contributed by atoms with Crippen LogP contribution in [0.4, 0.5) is 15.8 Å². The average Bonchev–Trinajstić information content (AvgIpc) is 2.11. The number of hydrogen-bond donors (Lipinski definition) is 2. The summed E-state index contributed by atoms with van der Waals surface area (Å²) in [6.07, 6.45) is 0. The van der Waals surface area contributed by atoms with Gasteiger partial charge in [0.25, 0.3) is 0 Å². The molecular formula is C9H12ClFN2O. The van der Waals surface area contributed by atoms with Crippen molar-refractivity contribution in [1.82, 2.24) is 0 Å². The predicted octanol–water partition coefficient (Wildman–Crippen LogP) is 1.49. The van der Waals surface area contributed by atoms with E-state index >= 15 is 0 Å². The molecule has 5 heteroatoms. The molecule has 1 rings (SSSR count). The fraction of sp³-hybridized carbons (Fsp3) is 0.333. The third kappa shape index (κ3) is 2.27. The van der Waals surface area contributed by atoms with Gasteiger partial charge in [0.1, 0.15) is 5.82 Å². The van der Waals surface area contributed by atoms with Crippen LogP contribution < -0.4 is 10.6 Å². The zero-order valence-corrected chi connectivity index (χ0v) is 8.55. The van der Waals surface area contributed by atoms with Gasteiger partial charge in [0.05, 0.1) is 23.0 Å². The molecule has 0 aromatic heterocycles. The molecule has 0 aliphatic carbocycles. The van der Waals surface area contributed by atoms with Gasteiger partial charge < -0.3 is 15.7 Å². The fourth-order valence-corrected chi connectivity index (χ4v) is 1.31. The highest BCUT2D eigenvalue weighted by molar-refractivity contribution is 6.31. The third-order valence-corrected chi connectivity index (χ3v) is 2.21. The van der Waals surface area contributed by atoms with Crippen molar-refractivity contribution in [3.63, 3.8) is 0 Å². The first-order valence-electron chi connectivity index (χ1n) is 4.12. The van der Waals surface area contributed by atoms with Gasteiger partial charge in [-0.3, -0.25) is 0 Å².